The first-order valence-corrected chi connectivity index (χ1v) is 7.68. The summed E-state index contributed by atoms with van der Waals surface area (Å²) in [6, 6.07) is 7.13. The van der Waals surface area contributed by atoms with Gasteiger partial charge in [-0.25, -0.2) is 4.79 Å². The average molecular weight is 340 g/mol. The Bertz CT molecular complexity index is 699. The van der Waals surface area contributed by atoms with Gasteiger partial charge >= 0.3 is 5.97 Å². The van der Waals surface area contributed by atoms with Gasteiger partial charge in [0, 0.05) is 5.69 Å². The van der Waals surface area contributed by atoms with Gasteiger partial charge in [-0.1, -0.05) is 23.7 Å². The lowest BCUT2D eigenvalue weighted by Gasteiger charge is -2.06. The van der Waals surface area contributed by atoms with E-state index in [0.29, 0.717) is 21.7 Å². The van der Waals surface area contributed by atoms with Gasteiger partial charge < -0.3 is 15.2 Å². The van der Waals surface area contributed by atoms with Crippen LogP contribution in [-0.2, 0) is 9.53 Å². The van der Waals surface area contributed by atoms with Gasteiger partial charge in [0.1, 0.15) is 9.90 Å². The molecule has 0 aliphatic rings. The maximum Gasteiger partial charge on any atom is 0.344 e. The highest BCUT2D eigenvalue weighted by atomic mass is 35.5. The van der Waals surface area contributed by atoms with E-state index in [-0.39, 0.29) is 24.0 Å². The number of rotatable bonds is 6. The van der Waals surface area contributed by atoms with Gasteiger partial charge in [-0.3, -0.25) is 4.79 Å². The molecule has 0 saturated heterocycles. The van der Waals surface area contributed by atoms with Gasteiger partial charge in [-0.2, -0.15) is 0 Å². The molecule has 0 bridgehead atoms. The van der Waals surface area contributed by atoms with Crippen LogP contribution in [0.15, 0.2) is 24.3 Å². The number of thiophene rings is 1. The van der Waals surface area contributed by atoms with E-state index in [2.05, 4.69) is 0 Å². The van der Waals surface area contributed by atoms with Crippen LogP contribution in [0.25, 0.3) is 10.4 Å². The molecule has 5 nitrogen and oxygen atoms in total. The van der Waals surface area contributed by atoms with Gasteiger partial charge in [0.05, 0.1) is 11.5 Å². The van der Waals surface area contributed by atoms with Crippen LogP contribution < -0.4 is 10.5 Å². The van der Waals surface area contributed by atoms with Crippen molar-refractivity contribution in [2.75, 3.05) is 18.9 Å². The van der Waals surface area contributed by atoms with Crippen molar-refractivity contribution in [1.82, 2.24) is 0 Å². The number of carbonyl (C=O) groups excluding carboxylic acids is 2. The van der Waals surface area contributed by atoms with Crippen LogP contribution in [0.5, 0.6) is 5.75 Å². The lowest BCUT2D eigenvalue weighted by Crippen LogP contribution is -2.14. The van der Waals surface area contributed by atoms with Gasteiger partial charge in [-0.15, -0.1) is 11.3 Å². The van der Waals surface area contributed by atoms with E-state index in [1.165, 1.54) is 11.3 Å². The molecule has 0 radical (unpaired) electrons. The second kappa shape index (κ2) is 7.29. The third kappa shape index (κ3) is 3.58. The van der Waals surface area contributed by atoms with Crippen molar-refractivity contribution in [1.29, 1.82) is 0 Å². The molecule has 0 spiro atoms. The van der Waals surface area contributed by atoms with E-state index >= 15 is 0 Å². The largest absolute Gasteiger partial charge is 0.479 e. The highest BCUT2D eigenvalue weighted by Crippen LogP contribution is 2.44. The molecule has 2 rings (SSSR count). The van der Waals surface area contributed by atoms with Crippen molar-refractivity contribution in [3.63, 3.8) is 0 Å². The minimum atomic E-state index is -0.521. The quantitative estimate of drug-likeness (QED) is 0.495. The Morgan fingerprint density at radius 2 is 2.23 bits per heavy atom. The third-order valence-electron chi connectivity index (χ3n) is 2.73. The first-order chi connectivity index (χ1) is 10.6. The molecular formula is C15H14ClNO4S. The number of ether oxygens (including phenoxy) is 2. The van der Waals surface area contributed by atoms with Crippen LogP contribution >= 0.6 is 22.9 Å². The number of benzene rings is 1. The summed E-state index contributed by atoms with van der Waals surface area (Å²) in [5, 5.41) is 0.280. The van der Waals surface area contributed by atoms with Crippen molar-refractivity contribution in [2.24, 2.45) is 0 Å². The summed E-state index contributed by atoms with van der Waals surface area (Å²) in [7, 11) is 0. The number of nitrogens with two attached hydrogens (primary N) is 1. The molecule has 116 valence electrons. The Morgan fingerprint density at radius 1 is 1.45 bits per heavy atom. The Labute approximate surface area is 136 Å². The third-order valence-corrected chi connectivity index (χ3v) is 4.35. The normalized spacial score (nSPS) is 10.3. The van der Waals surface area contributed by atoms with E-state index in [4.69, 9.17) is 26.8 Å². The van der Waals surface area contributed by atoms with Gasteiger partial charge in [0.25, 0.3) is 0 Å². The van der Waals surface area contributed by atoms with E-state index < -0.39 is 5.97 Å². The predicted molar refractivity (Wildman–Crippen MR) is 86.7 cm³/mol. The molecule has 0 saturated carbocycles. The fourth-order valence-corrected chi connectivity index (χ4v) is 3.21. The fourth-order valence-electron chi connectivity index (χ4n) is 1.82. The first kappa shape index (κ1) is 16.3. The number of halogens is 1. The number of esters is 1. The van der Waals surface area contributed by atoms with Crippen molar-refractivity contribution >= 4 is 40.9 Å². The highest BCUT2D eigenvalue weighted by Gasteiger charge is 2.20. The summed E-state index contributed by atoms with van der Waals surface area (Å²) < 4.78 is 10.1. The maximum atomic E-state index is 11.4. The van der Waals surface area contributed by atoms with Crippen LogP contribution in [0.2, 0.25) is 5.02 Å². The SMILES string of the molecule is CCOC(=O)COc1c(C=O)sc(-c2cccc(N)c2)c1Cl. The van der Waals surface area contributed by atoms with E-state index in [1.54, 1.807) is 25.1 Å². The van der Waals surface area contributed by atoms with Crippen LogP contribution in [-0.4, -0.2) is 25.5 Å². The molecule has 1 aromatic heterocycles. The van der Waals surface area contributed by atoms with Gasteiger partial charge in [0.15, 0.2) is 18.6 Å². The number of aldehydes is 1. The van der Waals surface area contributed by atoms with Crippen LogP contribution in [0, 0.1) is 0 Å². The summed E-state index contributed by atoms with van der Waals surface area (Å²) in [6.45, 7) is 1.65. The number of nitrogen functional groups attached to an aromatic ring is 1. The molecule has 2 N–H and O–H groups in total. The topological polar surface area (TPSA) is 78.6 Å². The molecule has 1 aromatic carbocycles. The number of hydrogen-bond acceptors (Lipinski definition) is 6. The van der Waals surface area contributed by atoms with Crippen molar-refractivity contribution in [2.45, 2.75) is 6.92 Å². The van der Waals surface area contributed by atoms with Crippen LogP contribution in [0.3, 0.4) is 0 Å². The van der Waals surface area contributed by atoms with E-state index in [1.807, 2.05) is 6.07 Å². The Kier molecular flexibility index (Phi) is 5.41. The number of hydrogen-bond donors (Lipinski definition) is 1. The second-order valence-corrected chi connectivity index (χ2v) is 5.71. The smallest absolute Gasteiger partial charge is 0.344 e. The lowest BCUT2D eigenvalue weighted by atomic mass is 10.1. The summed E-state index contributed by atoms with van der Waals surface area (Å²) >= 11 is 7.47. The highest BCUT2D eigenvalue weighted by molar-refractivity contribution is 7.18. The second-order valence-electron chi connectivity index (χ2n) is 4.28. The van der Waals surface area contributed by atoms with Crippen LogP contribution in [0.1, 0.15) is 16.6 Å². The minimum Gasteiger partial charge on any atom is -0.479 e. The molecule has 0 atom stereocenters. The zero-order valence-electron chi connectivity index (χ0n) is 11.8. The maximum absolute atomic E-state index is 11.4. The zero-order chi connectivity index (χ0) is 16.1. The molecule has 0 fully saturated rings. The van der Waals surface area contributed by atoms with Gasteiger partial charge in [0.2, 0.25) is 0 Å². The summed E-state index contributed by atoms with van der Waals surface area (Å²) in [4.78, 5) is 23.5. The summed E-state index contributed by atoms with van der Waals surface area (Å²) in [6.07, 6.45) is 0.646. The molecule has 2 aromatic rings. The number of anilines is 1. The molecule has 22 heavy (non-hydrogen) atoms. The first-order valence-electron chi connectivity index (χ1n) is 6.48. The van der Waals surface area contributed by atoms with Crippen molar-refractivity contribution in [3.8, 4) is 16.2 Å². The Hall–Kier alpha value is -2.05. The van der Waals surface area contributed by atoms with E-state index in [9.17, 15) is 9.59 Å². The Balaban J connectivity index is 2.31. The summed E-state index contributed by atoms with van der Waals surface area (Å²) in [5.74, 6) is -0.334. The monoisotopic (exact) mass is 339 g/mol. The predicted octanol–water partition coefficient (Wildman–Crippen LogP) is 3.41. The molecular weight excluding hydrogens is 326 g/mol. The standard InChI is InChI=1S/C15H14ClNO4S/c1-2-20-12(19)8-21-14-11(7-18)22-15(13(14)16)9-4-3-5-10(17)6-9/h3-7H,2,8,17H2,1H3. The van der Waals surface area contributed by atoms with E-state index in [0.717, 1.165) is 5.56 Å². The zero-order valence-corrected chi connectivity index (χ0v) is 13.4. The Morgan fingerprint density at radius 3 is 2.86 bits per heavy atom. The lowest BCUT2D eigenvalue weighted by molar-refractivity contribution is -0.145. The van der Waals surface area contributed by atoms with Crippen LogP contribution in [0.4, 0.5) is 5.69 Å². The molecule has 0 amide bonds. The minimum absolute atomic E-state index is 0.187. The molecule has 7 heteroatoms. The molecule has 1 heterocycles. The number of carbonyl (C=O) groups is 2. The van der Waals surface area contributed by atoms with Crippen molar-refractivity contribution < 1.29 is 19.1 Å². The molecule has 0 aliphatic heterocycles. The fraction of sp³-hybridized carbons (Fsp3) is 0.200. The molecule has 0 unspecified atom stereocenters. The van der Waals surface area contributed by atoms with Crippen molar-refractivity contribution in [3.05, 3.63) is 34.2 Å². The average Bonchev–Trinajstić information content (AvgIpc) is 2.81. The summed E-state index contributed by atoms with van der Waals surface area (Å²) in [5.41, 5.74) is 7.12. The van der Waals surface area contributed by atoms with Gasteiger partial charge in [-0.05, 0) is 24.6 Å². The molecule has 0 aliphatic carbocycles.